The number of hydrogen-bond acceptors (Lipinski definition) is 5. The summed E-state index contributed by atoms with van der Waals surface area (Å²) < 4.78 is 39.7. The van der Waals surface area contributed by atoms with Crippen LogP contribution >= 0.6 is 0 Å². The number of nitrogens with zero attached hydrogens (tertiary/aromatic N) is 2. The highest BCUT2D eigenvalue weighted by atomic mass is 19.4. The monoisotopic (exact) mass is 340 g/mol. The Hall–Kier alpha value is -2.68. The molecule has 0 aliphatic carbocycles. The van der Waals surface area contributed by atoms with E-state index in [1.54, 1.807) is 30.3 Å². The van der Waals surface area contributed by atoms with Crippen molar-refractivity contribution in [3.63, 3.8) is 0 Å². The summed E-state index contributed by atoms with van der Waals surface area (Å²) in [5.41, 5.74) is -0.465. The summed E-state index contributed by atoms with van der Waals surface area (Å²) in [4.78, 5) is 11.2. The van der Waals surface area contributed by atoms with Crippen LogP contribution in [-0.4, -0.2) is 40.9 Å². The third-order valence-corrected chi connectivity index (χ3v) is 3.18. The van der Waals surface area contributed by atoms with Crippen molar-refractivity contribution < 1.29 is 23.1 Å². The van der Waals surface area contributed by atoms with Gasteiger partial charge in [-0.15, -0.1) is 10.2 Å². The molecule has 9 heteroatoms. The number of alkyl halides is 3. The molecule has 2 aromatic rings. The fourth-order valence-electron chi connectivity index (χ4n) is 1.94. The van der Waals surface area contributed by atoms with E-state index in [1.807, 2.05) is 0 Å². The second kappa shape index (κ2) is 7.26. The van der Waals surface area contributed by atoms with Crippen LogP contribution in [0.1, 0.15) is 5.56 Å². The molecule has 128 valence electrons. The lowest BCUT2D eigenvalue weighted by atomic mass is 10.1. The summed E-state index contributed by atoms with van der Waals surface area (Å²) in [6, 6.07) is 9.19. The number of aliphatic hydroxyl groups excluding tert-OH is 1. The molecule has 1 aromatic heterocycles. The van der Waals surface area contributed by atoms with Crippen LogP contribution in [0.5, 0.6) is 0 Å². The van der Waals surface area contributed by atoms with Crippen molar-refractivity contribution in [2.45, 2.75) is 12.3 Å². The molecule has 24 heavy (non-hydrogen) atoms. The first-order valence-corrected chi connectivity index (χ1v) is 6.96. The van der Waals surface area contributed by atoms with Crippen LogP contribution in [0.3, 0.4) is 0 Å². The number of nitrogens with one attached hydrogen (secondary N) is 2. The second-order valence-corrected chi connectivity index (χ2v) is 4.87. The fourth-order valence-corrected chi connectivity index (χ4v) is 1.94. The fraction of sp³-hybridized carbons (Fsp3) is 0.267. The molecule has 1 unspecified atom stereocenters. The minimum absolute atomic E-state index is 0.0697. The van der Waals surface area contributed by atoms with Crippen LogP contribution in [-0.2, 0) is 11.0 Å². The second-order valence-electron chi connectivity index (χ2n) is 4.87. The van der Waals surface area contributed by atoms with Gasteiger partial charge in [0, 0.05) is 12.6 Å². The Kier molecular flexibility index (Phi) is 5.35. The smallest absolute Gasteiger partial charge is 0.381 e. The topological polar surface area (TPSA) is 87.1 Å². The van der Waals surface area contributed by atoms with E-state index < -0.39 is 36.1 Å². The molecule has 0 fully saturated rings. The Labute approximate surface area is 135 Å². The molecule has 2 rings (SSSR count). The lowest BCUT2D eigenvalue weighted by Crippen LogP contribution is -2.37. The molecule has 3 N–H and O–H groups in total. The highest BCUT2D eigenvalue weighted by molar-refractivity contribution is 5.80. The van der Waals surface area contributed by atoms with Gasteiger partial charge in [-0.25, -0.2) is 0 Å². The van der Waals surface area contributed by atoms with Crippen molar-refractivity contribution in [3.8, 4) is 11.3 Å². The van der Waals surface area contributed by atoms with Gasteiger partial charge in [0.1, 0.15) is 11.7 Å². The molecule has 1 heterocycles. The maximum atomic E-state index is 13.2. The van der Waals surface area contributed by atoms with Crippen molar-refractivity contribution in [1.29, 1.82) is 0 Å². The van der Waals surface area contributed by atoms with Gasteiger partial charge in [-0.2, -0.15) is 13.2 Å². The number of halogens is 3. The average molecular weight is 340 g/mol. The maximum absolute atomic E-state index is 13.2. The van der Waals surface area contributed by atoms with Crippen molar-refractivity contribution in [2.75, 3.05) is 18.9 Å². The number of carbonyl (C=O) groups is 1. The summed E-state index contributed by atoms with van der Waals surface area (Å²) in [6.45, 7) is -0.428. The molecule has 0 radical (unpaired) electrons. The highest BCUT2D eigenvalue weighted by Gasteiger charge is 2.35. The Morgan fingerprint density at radius 1 is 1.25 bits per heavy atom. The molecule has 0 saturated heterocycles. The van der Waals surface area contributed by atoms with E-state index in [2.05, 4.69) is 20.8 Å². The van der Waals surface area contributed by atoms with Gasteiger partial charge in [-0.3, -0.25) is 4.79 Å². The summed E-state index contributed by atoms with van der Waals surface area (Å²) >= 11 is 0. The normalized spacial score (nSPS) is 12.5. The van der Waals surface area contributed by atoms with Gasteiger partial charge in [0.15, 0.2) is 5.82 Å². The van der Waals surface area contributed by atoms with Crippen molar-refractivity contribution in [2.24, 2.45) is 0 Å². The molecule has 0 bridgehead atoms. The average Bonchev–Trinajstić information content (AvgIpc) is 2.58. The predicted molar refractivity (Wildman–Crippen MR) is 81.0 cm³/mol. The molecule has 0 aliphatic heterocycles. The molecular formula is C15H15F3N4O2. The van der Waals surface area contributed by atoms with Gasteiger partial charge in [-0.05, 0) is 6.07 Å². The van der Waals surface area contributed by atoms with E-state index in [9.17, 15) is 23.1 Å². The minimum atomic E-state index is -4.67. The third kappa shape index (κ3) is 4.19. The Balaban J connectivity index is 2.30. The number of aromatic nitrogens is 2. The number of carbonyl (C=O) groups excluding carboxylic acids is 1. The predicted octanol–water partition coefficient (Wildman–Crippen LogP) is 1.68. The number of likely N-dealkylation sites (N-methyl/N-ethyl adjacent to an activating group) is 1. The quantitative estimate of drug-likeness (QED) is 0.771. The van der Waals surface area contributed by atoms with Gasteiger partial charge in [-0.1, -0.05) is 30.3 Å². The Morgan fingerprint density at radius 3 is 2.50 bits per heavy atom. The van der Waals surface area contributed by atoms with Crippen molar-refractivity contribution >= 4 is 11.7 Å². The van der Waals surface area contributed by atoms with Crippen LogP contribution in [0.4, 0.5) is 19.0 Å². The largest absolute Gasteiger partial charge is 0.420 e. The van der Waals surface area contributed by atoms with Gasteiger partial charge in [0.2, 0.25) is 5.91 Å². The minimum Gasteiger partial charge on any atom is -0.381 e. The number of benzene rings is 1. The van der Waals surface area contributed by atoms with E-state index in [-0.39, 0.29) is 5.69 Å². The van der Waals surface area contributed by atoms with E-state index in [4.69, 9.17) is 0 Å². The van der Waals surface area contributed by atoms with Crippen LogP contribution in [0, 0.1) is 0 Å². The van der Waals surface area contributed by atoms with Crippen LogP contribution < -0.4 is 10.6 Å². The summed E-state index contributed by atoms with van der Waals surface area (Å²) in [5, 5.41) is 21.3. The first kappa shape index (κ1) is 17.7. The van der Waals surface area contributed by atoms with Crippen molar-refractivity contribution in [3.05, 3.63) is 42.0 Å². The lowest BCUT2D eigenvalue weighted by Gasteiger charge is -2.15. The number of amides is 1. The zero-order chi connectivity index (χ0) is 17.7. The summed E-state index contributed by atoms with van der Waals surface area (Å²) in [6.07, 6.45) is -6.17. The molecular weight excluding hydrogens is 325 g/mol. The van der Waals surface area contributed by atoms with Gasteiger partial charge < -0.3 is 15.7 Å². The first-order chi connectivity index (χ1) is 11.3. The molecule has 1 amide bonds. The number of aliphatic hydroxyl groups is 1. The zero-order valence-corrected chi connectivity index (χ0v) is 12.6. The van der Waals surface area contributed by atoms with E-state index >= 15 is 0 Å². The SMILES string of the molecule is CNC(=O)C(O)CNc1nnc(-c2ccccc2)cc1C(F)(F)F. The molecule has 0 saturated carbocycles. The molecule has 0 aliphatic rings. The van der Waals surface area contributed by atoms with Gasteiger partial charge in [0.25, 0.3) is 0 Å². The van der Waals surface area contributed by atoms with E-state index in [1.165, 1.54) is 7.05 Å². The molecule has 0 spiro atoms. The number of hydrogen-bond donors (Lipinski definition) is 3. The Bertz CT molecular complexity index is 708. The molecule has 1 atom stereocenters. The Morgan fingerprint density at radius 2 is 1.92 bits per heavy atom. The first-order valence-electron chi connectivity index (χ1n) is 6.96. The maximum Gasteiger partial charge on any atom is 0.420 e. The van der Waals surface area contributed by atoms with Crippen LogP contribution in [0.15, 0.2) is 36.4 Å². The number of rotatable bonds is 5. The van der Waals surface area contributed by atoms with Crippen LogP contribution in [0.25, 0.3) is 11.3 Å². The standard InChI is InChI=1S/C15H15F3N4O2/c1-19-14(24)12(23)8-20-13-10(15(16,17)18)7-11(21-22-13)9-5-3-2-4-6-9/h2-7,12,23H,8H2,1H3,(H,19,24)(H,20,22). The summed E-state index contributed by atoms with van der Waals surface area (Å²) in [7, 11) is 1.31. The third-order valence-electron chi connectivity index (χ3n) is 3.18. The van der Waals surface area contributed by atoms with E-state index in [0.717, 1.165) is 6.07 Å². The van der Waals surface area contributed by atoms with Crippen LogP contribution in [0.2, 0.25) is 0 Å². The zero-order valence-electron chi connectivity index (χ0n) is 12.6. The van der Waals surface area contributed by atoms with Gasteiger partial charge in [0.05, 0.1) is 12.2 Å². The van der Waals surface area contributed by atoms with Crippen molar-refractivity contribution in [1.82, 2.24) is 15.5 Å². The highest BCUT2D eigenvalue weighted by Crippen LogP contribution is 2.35. The van der Waals surface area contributed by atoms with E-state index in [0.29, 0.717) is 5.56 Å². The summed E-state index contributed by atoms with van der Waals surface area (Å²) in [5.74, 6) is -1.27. The molecule has 1 aromatic carbocycles. The molecule has 6 nitrogen and oxygen atoms in total. The number of anilines is 1. The lowest BCUT2D eigenvalue weighted by molar-refractivity contribution is -0.137. The van der Waals surface area contributed by atoms with Gasteiger partial charge >= 0.3 is 6.18 Å².